The number of aryl methyl sites for hydroxylation is 2. The third-order valence-electron chi connectivity index (χ3n) is 7.64. The summed E-state index contributed by atoms with van der Waals surface area (Å²) in [6, 6.07) is 5.95. The predicted molar refractivity (Wildman–Crippen MR) is 118 cm³/mol. The Morgan fingerprint density at radius 3 is 2.45 bits per heavy atom. The van der Waals surface area contributed by atoms with Crippen LogP contribution in [0.3, 0.4) is 0 Å². The van der Waals surface area contributed by atoms with Crippen molar-refractivity contribution in [2.24, 2.45) is 22.7 Å². The molecule has 4 nitrogen and oxygen atoms in total. The average molecular weight is 393 g/mol. The van der Waals surface area contributed by atoms with E-state index in [4.69, 9.17) is 4.99 Å². The standard InChI is InChI=1S/C25H32N2O2/c1-3-4-7-27-22-6-5-16(2)8-20(22)23(28)21(24(27)29)15-26-25-12-17-9-18(13-25)11-19(10-17)14-25/h5-6,8,15,17-19,28H,3-4,7,9-14H2,1-2H3. The average Bonchev–Trinajstić information content (AvgIpc) is 2.67. The fourth-order valence-corrected chi connectivity index (χ4v) is 6.66. The fraction of sp³-hybridized carbons (Fsp3) is 0.600. The van der Waals surface area contributed by atoms with Crippen molar-refractivity contribution in [1.82, 2.24) is 4.57 Å². The predicted octanol–water partition coefficient (Wildman–Crippen LogP) is 5.20. The van der Waals surface area contributed by atoms with Crippen LogP contribution in [0, 0.1) is 24.7 Å². The van der Waals surface area contributed by atoms with E-state index in [1.165, 1.54) is 19.3 Å². The molecule has 4 saturated carbocycles. The monoisotopic (exact) mass is 392 g/mol. The highest BCUT2D eigenvalue weighted by atomic mass is 16.3. The van der Waals surface area contributed by atoms with Crippen molar-refractivity contribution in [2.45, 2.75) is 77.3 Å². The molecule has 6 rings (SSSR count). The van der Waals surface area contributed by atoms with Gasteiger partial charge in [0, 0.05) is 18.1 Å². The van der Waals surface area contributed by atoms with Gasteiger partial charge in [-0.1, -0.05) is 25.0 Å². The Balaban J connectivity index is 1.59. The van der Waals surface area contributed by atoms with E-state index < -0.39 is 0 Å². The molecule has 2 aromatic rings. The minimum atomic E-state index is -0.110. The van der Waals surface area contributed by atoms with Crippen molar-refractivity contribution >= 4 is 17.1 Å². The zero-order chi connectivity index (χ0) is 20.2. The molecule has 1 N–H and O–H groups in total. The van der Waals surface area contributed by atoms with Gasteiger partial charge in [0.1, 0.15) is 11.3 Å². The van der Waals surface area contributed by atoms with Gasteiger partial charge in [0.05, 0.1) is 11.1 Å². The lowest BCUT2D eigenvalue weighted by Gasteiger charge is -2.54. The molecule has 0 spiro atoms. The van der Waals surface area contributed by atoms with E-state index >= 15 is 0 Å². The zero-order valence-corrected chi connectivity index (χ0v) is 17.7. The normalized spacial score (nSPS) is 30.6. The lowest BCUT2D eigenvalue weighted by Crippen LogP contribution is -2.49. The lowest BCUT2D eigenvalue weighted by atomic mass is 9.53. The topological polar surface area (TPSA) is 54.6 Å². The Hall–Kier alpha value is -2.10. The second-order valence-electron chi connectivity index (χ2n) is 9.99. The molecule has 0 radical (unpaired) electrons. The van der Waals surface area contributed by atoms with Gasteiger partial charge >= 0.3 is 0 Å². The first-order valence-electron chi connectivity index (χ1n) is 11.4. The Bertz CT molecular complexity index is 998. The molecule has 1 aromatic carbocycles. The van der Waals surface area contributed by atoms with Gasteiger partial charge in [-0.15, -0.1) is 0 Å². The van der Waals surface area contributed by atoms with Crippen LogP contribution in [0.15, 0.2) is 28.0 Å². The first-order chi connectivity index (χ1) is 14.0. The number of hydrogen-bond acceptors (Lipinski definition) is 3. The first-order valence-corrected chi connectivity index (χ1v) is 11.4. The summed E-state index contributed by atoms with van der Waals surface area (Å²) in [4.78, 5) is 18.4. The molecular weight excluding hydrogens is 360 g/mol. The highest BCUT2D eigenvalue weighted by molar-refractivity contribution is 5.95. The molecule has 154 valence electrons. The summed E-state index contributed by atoms with van der Waals surface area (Å²) in [7, 11) is 0. The molecule has 0 aliphatic heterocycles. The number of pyridine rings is 1. The quantitative estimate of drug-likeness (QED) is 0.711. The molecule has 4 fully saturated rings. The molecular formula is C25H32N2O2. The second kappa shape index (κ2) is 7.00. The number of aliphatic imine (C=N–C) groups is 1. The Morgan fingerprint density at radius 2 is 1.83 bits per heavy atom. The second-order valence-corrected chi connectivity index (χ2v) is 9.99. The maximum absolute atomic E-state index is 13.3. The van der Waals surface area contributed by atoms with Crippen molar-refractivity contribution in [2.75, 3.05) is 0 Å². The smallest absolute Gasteiger partial charge is 0.263 e. The summed E-state index contributed by atoms with van der Waals surface area (Å²) in [5, 5.41) is 11.8. The van der Waals surface area contributed by atoms with Crippen molar-refractivity contribution < 1.29 is 5.11 Å². The van der Waals surface area contributed by atoms with E-state index in [2.05, 4.69) is 6.92 Å². The highest BCUT2D eigenvalue weighted by Gasteiger charge is 2.50. The number of unbranched alkanes of at least 4 members (excludes halogenated alkanes) is 1. The van der Waals surface area contributed by atoms with Gasteiger partial charge in [-0.2, -0.15) is 0 Å². The van der Waals surface area contributed by atoms with Crippen LogP contribution in [-0.2, 0) is 6.54 Å². The van der Waals surface area contributed by atoms with E-state index in [0.717, 1.165) is 66.3 Å². The number of benzene rings is 1. The fourth-order valence-electron chi connectivity index (χ4n) is 6.66. The van der Waals surface area contributed by atoms with E-state index in [-0.39, 0.29) is 16.8 Å². The Labute approximate surface area is 172 Å². The van der Waals surface area contributed by atoms with Crippen LogP contribution in [0.1, 0.15) is 69.4 Å². The number of fused-ring (bicyclic) bond motifs is 1. The summed E-state index contributed by atoms with van der Waals surface area (Å²) in [6.45, 7) is 4.82. The summed E-state index contributed by atoms with van der Waals surface area (Å²) in [5.74, 6) is 2.53. The zero-order valence-electron chi connectivity index (χ0n) is 17.7. The summed E-state index contributed by atoms with van der Waals surface area (Å²) >= 11 is 0. The maximum Gasteiger partial charge on any atom is 0.263 e. The van der Waals surface area contributed by atoms with E-state index in [9.17, 15) is 9.90 Å². The first kappa shape index (κ1) is 18.9. The Kier molecular flexibility index (Phi) is 4.56. The molecule has 29 heavy (non-hydrogen) atoms. The molecule has 1 aromatic heterocycles. The van der Waals surface area contributed by atoms with Crippen LogP contribution in [0.25, 0.3) is 10.9 Å². The molecule has 4 aliphatic rings. The number of hydrogen-bond donors (Lipinski definition) is 1. The molecule has 0 unspecified atom stereocenters. The van der Waals surface area contributed by atoms with Gasteiger partial charge in [0.2, 0.25) is 0 Å². The molecule has 0 atom stereocenters. The molecule has 0 amide bonds. The number of rotatable bonds is 5. The van der Waals surface area contributed by atoms with Crippen LogP contribution in [0.2, 0.25) is 0 Å². The Morgan fingerprint density at radius 1 is 1.17 bits per heavy atom. The third-order valence-corrected chi connectivity index (χ3v) is 7.64. The SMILES string of the molecule is CCCCn1c(=O)c(C=NC23CC4CC(CC(C4)C2)C3)c(O)c2cc(C)ccc21. The minimum absolute atomic E-state index is 0.00341. The van der Waals surface area contributed by atoms with Crippen LogP contribution in [0.4, 0.5) is 0 Å². The number of aromatic hydroxyl groups is 1. The minimum Gasteiger partial charge on any atom is -0.506 e. The molecule has 1 heterocycles. The molecule has 4 heteroatoms. The summed E-state index contributed by atoms with van der Waals surface area (Å²) in [5.41, 5.74) is 2.16. The van der Waals surface area contributed by atoms with E-state index in [1.54, 1.807) is 6.21 Å². The highest BCUT2D eigenvalue weighted by Crippen LogP contribution is 2.57. The number of aromatic nitrogens is 1. The van der Waals surface area contributed by atoms with Gasteiger partial charge in [-0.25, -0.2) is 0 Å². The van der Waals surface area contributed by atoms with Crippen molar-refractivity contribution in [1.29, 1.82) is 0 Å². The molecule has 4 aliphatic carbocycles. The van der Waals surface area contributed by atoms with Gasteiger partial charge in [0.25, 0.3) is 5.56 Å². The lowest BCUT2D eigenvalue weighted by molar-refractivity contribution is 0.00194. The van der Waals surface area contributed by atoms with Gasteiger partial charge in [-0.05, 0) is 81.8 Å². The van der Waals surface area contributed by atoms with Crippen molar-refractivity contribution in [3.05, 3.63) is 39.7 Å². The van der Waals surface area contributed by atoms with E-state index in [1.807, 2.05) is 29.7 Å². The van der Waals surface area contributed by atoms with Crippen molar-refractivity contribution in [3.63, 3.8) is 0 Å². The van der Waals surface area contributed by atoms with Crippen LogP contribution in [-0.4, -0.2) is 21.4 Å². The molecule has 4 bridgehead atoms. The molecule has 0 saturated heterocycles. The van der Waals surface area contributed by atoms with Gasteiger partial charge in [0.15, 0.2) is 0 Å². The van der Waals surface area contributed by atoms with Gasteiger partial charge in [-0.3, -0.25) is 9.79 Å². The summed E-state index contributed by atoms with van der Waals surface area (Å²) in [6.07, 6.45) is 11.3. The van der Waals surface area contributed by atoms with Crippen LogP contribution < -0.4 is 5.56 Å². The van der Waals surface area contributed by atoms with Crippen LogP contribution in [0.5, 0.6) is 5.75 Å². The largest absolute Gasteiger partial charge is 0.506 e. The number of nitrogens with zero attached hydrogens (tertiary/aromatic N) is 2. The third kappa shape index (κ3) is 3.21. The van der Waals surface area contributed by atoms with E-state index in [0.29, 0.717) is 12.1 Å². The van der Waals surface area contributed by atoms with Crippen LogP contribution >= 0.6 is 0 Å². The van der Waals surface area contributed by atoms with Gasteiger partial charge < -0.3 is 9.67 Å². The maximum atomic E-state index is 13.3. The van der Waals surface area contributed by atoms with Crippen molar-refractivity contribution in [3.8, 4) is 5.75 Å². The summed E-state index contributed by atoms with van der Waals surface area (Å²) < 4.78 is 1.83.